The van der Waals surface area contributed by atoms with Crippen molar-refractivity contribution in [2.75, 3.05) is 11.5 Å². The Balaban J connectivity index is 1.45. The second-order valence-electron chi connectivity index (χ2n) is 6.33. The summed E-state index contributed by atoms with van der Waals surface area (Å²) in [5.74, 6) is 2.70. The Morgan fingerprint density at radius 2 is 2.27 bits per heavy atom. The summed E-state index contributed by atoms with van der Waals surface area (Å²) in [6.07, 6.45) is 3.38. The van der Waals surface area contributed by atoms with E-state index in [4.69, 9.17) is 4.42 Å². The third-order valence-corrected chi connectivity index (χ3v) is 6.14. The monoisotopic (exact) mass is 324 g/mol. The number of carbonyl (C=O) groups excluding carboxylic acids is 1. The number of nitrogens with zero attached hydrogens (tertiary/aromatic N) is 1. The molecule has 0 aromatic carbocycles. The molecule has 0 unspecified atom stereocenters. The molecule has 22 heavy (non-hydrogen) atoms. The normalized spacial score (nSPS) is 29.8. The van der Waals surface area contributed by atoms with Crippen molar-refractivity contribution in [1.29, 1.82) is 0 Å². The third-order valence-electron chi connectivity index (χ3n) is 4.30. The lowest BCUT2D eigenvalue weighted by molar-refractivity contribution is -0.121. The van der Waals surface area contributed by atoms with Gasteiger partial charge in [-0.05, 0) is 36.8 Å². The van der Waals surface area contributed by atoms with Gasteiger partial charge in [-0.2, -0.15) is 5.10 Å². The van der Waals surface area contributed by atoms with Crippen LogP contribution in [0.25, 0.3) is 0 Å². The van der Waals surface area contributed by atoms with Crippen molar-refractivity contribution in [2.45, 2.75) is 32.1 Å². The van der Waals surface area contributed by atoms with Crippen LogP contribution in [0.4, 0.5) is 0 Å². The predicted octanol–water partition coefficient (Wildman–Crippen LogP) is 1.68. The molecule has 0 spiro atoms. The molecule has 2 heterocycles. The van der Waals surface area contributed by atoms with Crippen molar-refractivity contribution >= 4 is 22.0 Å². The molecule has 1 aromatic heterocycles. The Morgan fingerprint density at radius 1 is 1.50 bits per heavy atom. The van der Waals surface area contributed by atoms with Crippen LogP contribution in [0.15, 0.2) is 21.7 Å². The maximum absolute atomic E-state index is 11.7. The first-order valence-electron chi connectivity index (χ1n) is 7.55. The van der Waals surface area contributed by atoms with Gasteiger partial charge in [0, 0.05) is 12.3 Å². The molecule has 1 amide bonds. The number of carbonyl (C=O) groups is 1. The van der Waals surface area contributed by atoms with E-state index in [0.717, 1.165) is 12.2 Å². The Morgan fingerprint density at radius 3 is 2.91 bits per heavy atom. The van der Waals surface area contributed by atoms with E-state index in [1.165, 1.54) is 6.21 Å². The zero-order valence-corrected chi connectivity index (χ0v) is 13.3. The van der Waals surface area contributed by atoms with Crippen LogP contribution in [0, 0.1) is 11.8 Å². The maximum atomic E-state index is 11.7. The van der Waals surface area contributed by atoms with E-state index in [1.807, 2.05) is 12.1 Å². The van der Waals surface area contributed by atoms with Gasteiger partial charge in [0.25, 0.3) is 0 Å². The van der Waals surface area contributed by atoms with Crippen molar-refractivity contribution in [1.82, 2.24) is 5.43 Å². The number of amides is 1. The van der Waals surface area contributed by atoms with Gasteiger partial charge in [-0.25, -0.2) is 13.8 Å². The van der Waals surface area contributed by atoms with Gasteiger partial charge in [0.05, 0.1) is 17.7 Å². The number of hydrogen-bond acceptors (Lipinski definition) is 5. The number of rotatable bonds is 5. The van der Waals surface area contributed by atoms with Gasteiger partial charge in [0.1, 0.15) is 11.5 Å². The molecule has 1 saturated carbocycles. The van der Waals surface area contributed by atoms with Crippen molar-refractivity contribution in [3.63, 3.8) is 0 Å². The zero-order valence-electron chi connectivity index (χ0n) is 12.5. The van der Waals surface area contributed by atoms with E-state index >= 15 is 0 Å². The van der Waals surface area contributed by atoms with E-state index < -0.39 is 9.84 Å². The van der Waals surface area contributed by atoms with Gasteiger partial charge in [0.2, 0.25) is 5.91 Å². The zero-order chi connectivity index (χ0) is 15.7. The number of nitrogens with one attached hydrogen (secondary N) is 1. The SMILES string of the molecule is C[C@@H]1C[C@@H]1c1ccc(/C=N\NC(=O)C[C@@H]2CCS(=O)(=O)C2)o1. The average Bonchev–Trinajstić information content (AvgIpc) is 2.84. The summed E-state index contributed by atoms with van der Waals surface area (Å²) in [6.45, 7) is 2.18. The molecule has 3 atom stereocenters. The lowest BCUT2D eigenvalue weighted by Gasteiger charge is -2.04. The lowest BCUT2D eigenvalue weighted by atomic mass is 10.1. The highest BCUT2D eigenvalue weighted by Gasteiger charge is 2.36. The van der Waals surface area contributed by atoms with Crippen LogP contribution < -0.4 is 5.43 Å². The van der Waals surface area contributed by atoms with Crippen LogP contribution >= 0.6 is 0 Å². The minimum absolute atomic E-state index is 0.0910. The van der Waals surface area contributed by atoms with Gasteiger partial charge in [-0.1, -0.05) is 6.92 Å². The molecule has 0 radical (unpaired) electrons. The smallest absolute Gasteiger partial charge is 0.240 e. The van der Waals surface area contributed by atoms with Gasteiger partial charge in [0.15, 0.2) is 9.84 Å². The molecule has 1 N–H and O–H groups in total. The highest BCUT2D eigenvalue weighted by Crippen LogP contribution is 2.47. The molecule has 2 aliphatic rings. The van der Waals surface area contributed by atoms with Crippen LogP contribution in [-0.2, 0) is 14.6 Å². The molecule has 120 valence electrons. The van der Waals surface area contributed by atoms with Gasteiger partial charge < -0.3 is 4.42 Å². The molecule has 3 rings (SSSR count). The van der Waals surface area contributed by atoms with Crippen molar-refractivity contribution in [3.8, 4) is 0 Å². The van der Waals surface area contributed by atoms with Crippen LogP contribution in [0.2, 0.25) is 0 Å². The Hall–Kier alpha value is -1.63. The molecule has 1 saturated heterocycles. The number of hydrogen-bond donors (Lipinski definition) is 1. The van der Waals surface area contributed by atoms with Gasteiger partial charge in [-0.3, -0.25) is 4.79 Å². The molecular formula is C15H20N2O4S. The second kappa shape index (κ2) is 5.87. The van der Waals surface area contributed by atoms with Crippen LogP contribution in [0.1, 0.15) is 43.6 Å². The Kier molecular flexibility index (Phi) is 4.08. The fourth-order valence-corrected chi connectivity index (χ4v) is 4.73. The minimum atomic E-state index is -2.94. The van der Waals surface area contributed by atoms with Crippen LogP contribution in [0.3, 0.4) is 0 Å². The molecule has 1 aliphatic heterocycles. The molecule has 0 bridgehead atoms. The summed E-state index contributed by atoms with van der Waals surface area (Å²) in [4.78, 5) is 11.7. The van der Waals surface area contributed by atoms with E-state index in [1.54, 1.807) is 0 Å². The molecular weight excluding hydrogens is 304 g/mol. The quantitative estimate of drug-likeness (QED) is 0.659. The highest BCUT2D eigenvalue weighted by molar-refractivity contribution is 7.91. The first-order valence-corrected chi connectivity index (χ1v) is 9.37. The summed E-state index contributed by atoms with van der Waals surface area (Å²) in [7, 11) is -2.94. The van der Waals surface area contributed by atoms with Crippen LogP contribution in [0.5, 0.6) is 0 Å². The average molecular weight is 324 g/mol. The number of hydrazone groups is 1. The molecule has 6 nitrogen and oxygen atoms in total. The van der Waals surface area contributed by atoms with E-state index in [2.05, 4.69) is 17.5 Å². The summed E-state index contributed by atoms with van der Waals surface area (Å²) >= 11 is 0. The molecule has 7 heteroatoms. The van der Waals surface area contributed by atoms with Crippen molar-refractivity contribution < 1.29 is 17.6 Å². The first kappa shape index (κ1) is 15.3. The Labute approximate surface area is 129 Å². The van der Waals surface area contributed by atoms with Gasteiger partial charge >= 0.3 is 0 Å². The molecule has 2 fully saturated rings. The summed E-state index contributed by atoms with van der Waals surface area (Å²) in [5, 5.41) is 3.86. The maximum Gasteiger partial charge on any atom is 0.240 e. The summed E-state index contributed by atoms with van der Waals surface area (Å²) in [6, 6.07) is 3.78. The third kappa shape index (κ3) is 3.76. The fraction of sp³-hybridized carbons (Fsp3) is 0.600. The number of furan rings is 1. The minimum Gasteiger partial charge on any atom is -0.460 e. The standard InChI is InChI=1S/C15H20N2O4S/c1-10-6-13(10)14-3-2-12(21-14)8-16-17-15(18)7-11-4-5-22(19,20)9-11/h2-3,8,10-11,13H,4-7,9H2,1H3,(H,17,18)/b16-8-/t10-,11+,13+/m1/s1. The summed E-state index contributed by atoms with van der Waals surface area (Å²) in [5.41, 5.74) is 2.42. The Bertz CT molecular complexity index is 692. The largest absolute Gasteiger partial charge is 0.460 e. The van der Waals surface area contributed by atoms with Crippen molar-refractivity contribution in [2.24, 2.45) is 16.9 Å². The highest BCUT2D eigenvalue weighted by atomic mass is 32.2. The lowest BCUT2D eigenvalue weighted by Crippen LogP contribution is -2.21. The first-order chi connectivity index (χ1) is 10.4. The van der Waals surface area contributed by atoms with Crippen LogP contribution in [-0.4, -0.2) is 32.0 Å². The topological polar surface area (TPSA) is 88.7 Å². The number of sulfone groups is 1. The van der Waals surface area contributed by atoms with E-state index in [9.17, 15) is 13.2 Å². The van der Waals surface area contributed by atoms with E-state index in [0.29, 0.717) is 24.0 Å². The van der Waals surface area contributed by atoms with Gasteiger partial charge in [-0.15, -0.1) is 0 Å². The molecule has 1 aromatic rings. The fourth-order valence-electron chi connectivity index (χ4n) is 2.86. The second-order valence-corrected chi connectivity index (χ2v) is 8.55. The predicted molar refractivity (Wildman–Crippen MR) is 82.3 cm³/mol. The van der Waals surface area contributed by atoms with Crippen molar-refractivity contribution in [3.05, 3.63) is 23.7 Å². The molecule has 1 aliphatic carbocycles. The van der Waals surface area contributed by atoms with E-state index in [-0.39, 0.29) is 29.8 Å². The summed E-state index contributed by atoms with van der Waals surface area (Å²) < 4.78 is 28.3.